The lowest BCUT2D eigenvalue weighted by atomic mass is 10.1. The first-order chi connectivity index (χ1) is 13.8. The molecule has 0 spiro atoms. The molecular formula is C22H33N5O. The molecule has 0 aliphatic carbocycles. The summed E-state index contributed by atoms with van der Waals surface area (Å²) in [5.74, 6) is 3.09. The van der Waals surface area contributed by atoms with Crippen LogP contribution in [-0.4, -0.2) is 52.7 Å². The van der Waals surface area contributed by atoms with Gasteiger partial charge in [-0.2, -0.15) is 0 Å². The molecule has 0 unspecified atom stereocenters. The normalized spacial score (nSPS) is 15.6. The number of para-hydroxylation sites is 1. The fourth-order valence-corrected chi connectivity index (χ4v) is 3.52. The number of aryl methyl sites for hydroxylation is 2. The average Bonchev–Trinajstić information content (AvgIpc) is 3.13. The first kappa shape index (κ1) is 20.2. The number of imidazole rings is 1. The Morgan fingerprint density at radius 1 is 1.21 bits per heavy atom. The number of nitrogens with one attached hydrogen (secondary N) is 1. The smallest absolute Gasteiger partial charge is 0.193 e. The summed E-state index contributed by atoms with van der Waals surface area (Å²) in [6.45, 7) is 8.91. The fourth-order valence-electron chi connectivity index (χ4n) is 3.52. The molecule has 1 aliphatic rings. The van der Waals surface area contributed by atoms with Crippen molar-refractivity contribution in [3.05, 3.63) is 48.5 Å². The second kappa shape index (κ2) is 10.7. The molecule has 1 aromatic carbocycles. The fraction of sp³-hybridized carbons (Fsp3) is 0.545. The molecule has 1 aliphatic heterocycles. The Kier molecular flexibility index (Phi) is 7.76. The second-order valence-corrected chi connectivity index (χ2v) is 7.23. The van der Waals surface area contributed by atoms with Crippen molar-refractivity contribution in [2.45, 2.75) is 52.2 Å². The van der Waals surface area contributed by atoms with Crippen molar-refractivity contribution in [1.82, 2.24) is 19.8 Å². The summed E-state index contributed by atoms with van der Waals surface area (Å²) in [6.07, 6.45) is 8.46. The second-order valence-electron chi connectivity index (χ2n) is 7.23. The van der Waals surface area contributed by atoms with Gasteiger partial charge in [0.05, 0.1) is 0 Å². The van der Waals surface area contributed by atoms with Gasteiger partial charge in [0, 0.05) is 58.0 Å². The Morgan fingerprint density at radius 2 is 2.00 bits per heavy atom. The minimum atomic E-state index is 0.292. The molecule has 0 bridgehead atoms. The van der Waals surface area contributed by atoms with Crippen molar-refractivity contribution in [3.63, 3.8) is 0 Å². The van der Waals surface area contributed by atoms with Crippen molar-refractivity contribution >= 4 is 5.96 Å². The van der Waals surface area contributed by atoms with Crippen molar-refractivity contribution in [2.24, 2.45) is 4.99 Å². The molecular weight excluding hydrogens is 350 g/mol. The highest BCUT2D eigenvalue weighted by atomic mass is 16.5. The van der Waals surface area contributed by atoms with Crippen LogP contribution in [0.25, 0.3) is 0 Å². The number of benzene rings is 1. The van der Waals surface area contributed by atoms with Gasteiger partial charge in [-0.3, -0.25) is 4.99 Å². The molecule has 28 heavy (non-hydrogen) atoms. The molecule has 152 valence electrons. The van der Waals surface area contributed by atoms with E-state index in [2.05, 4.69) is 26.7 Å². The highest BCUT2D eigenvalue weighted by Gasteiger charge is 2.22. The van der Waals surface area contributed by atoms with Gasteiger partial charge in [0.2, 0.25) is 0 Å². The summed E-state index contributed by atoms with van der Waals surface area (Å²) in [4.78, 5) is 11.5. The van der Waals surface area contributed by atoms with Crippen molar-refractivity contribution < 1.29 is 4.74 Å². The third-order valence-electron chi connectivity index (χ3n) is 5.11. The number of piperidine rings is 1. The third kappa shape index (κ3) is 6.01. The molecule has 0 radical (unpaired) electrons. The molecule has 1 saturated heterocycles. The van der Waals surface area contributed by atoms with Gasteiger partial charge >= 0.3 is 0 Å². The number of unbranched alkanes of at least 4 members (excludes halogenated alkanes) is 1. The molecule has 2 heterocycles. The van der Waals surface area contributed by atoms with E-state index in [1.54, 1.807) is 0 Å². The Morgan fingerprint density at radius 3 is 2.68 bits per heavy atom. The van der Waals surface area contributed by atoms with Crippen LogP contribution in [0.5, 0.6) is 5.75 Å². The molecule has 2 aromatic rings. The van der Waals surface area contributed by atoms with Gasteiger partial charge in [0.1, 0.15) is 17.7 Å². The zero-order valence-electron chi connectivity index (χ0n) is 17.2. The lowest BCUT2D eigenvalue weighted by molar-refractivity contribution is 0.129. The molecule has 0 atom stereocenters. The van der Waals surface area contributed by atoms with Crippen LogP contribution in [-0.2, 0) is 6.54 Å². The van der Waals surface area contributed by atoms with Crippen LogP contribution in [0.15, 0.2) is 47.7 Å². The number of guanidine groups is 1. The van der Waals surface area contributed by atoms with Gasteiger partial charge in [0.15, 0.2) is 5.96 Å². The van der Waals surface area contributed by atoms with E-state index < -0.39 is 0 Å². The van der Waals surface area contributed by atoms with Crippen LogP contribution in [0.3, 0.4) is 0 Å². The summed E-state index contributed by atoms with van der Waals surface area (Å²) in [7, 11) is 0. The van der Waals surface area contributed by atoms with E-state index in [1.807, 2.05) is 49.6 Å². The first-order valence-electron chi connectivity index (χ1n) is 10.5. The minimum Gasteiger partial charge on any atom is -0.490 e. The Balaban J connectivity index is 1.42. The van der Waals surface area contributed by atoms with Crippen LogP contribution in [0.4, 0.5) is 0 Å². The van der Waals surface area contributed by atoms with Gasteiger partial charge in [-0.05, 0) is 38.8 Å². The number of likely N-dealkylation sites (tertiary alicyclic amines) is 1. The number of nitrogens with zero attached hydrogens (tertiary/aromatic N) is 4. The van der Waals surface area contributed by atoms with Crippen LogP contribution < -0.4 is 10.1 Å². The van der Waals surface area contributed by atoms with Crippen LogP contribution in [0.1, 0.15) is 38.4 Å². The number of hydrogen-bond donors (Lipinski definition) is 1. The molecule has 3 rings (SSSR count). The van der Waals surface area contributed by atoms with E-state index >= 15 is 0 Å². The van der Waals surface area contributed by atoms with Gasteiger partial charge in [0.25, 0.3) is 0 Å². The number of hydrogen-bond acceptors (Lipinski definition) is 3. The van der Waals surface area contributed by atoms with Gasteiger partial charge in [-0.15, -0.1) is 0 Å². The Bertz CT molecular complexity index is 720. The summed E-state index contributed by atoms with van der Waals surface area (Å²) < 4.78 is 8.31. The average molecular weight is 384 g/mol. The van der Waals surface area contributed by atoms with E-state index in [-0.39, 0.29) is 0 Å². The number of rotatable bonds is 8. The molecule has 0 amide bonds. The van der Waals surface area contributed by atoms with Crippen molar-refractivity contribution in [2.75, 3.05) is 26.2 Å². The summed E-state index contributed by atoms with van der Waals surface area (Å²) in [5.41, 5.74) is 0. The van der Waals surface area contributed by atoms with Crippen LogP contribution in [0.2, 0.25) is 0 Å². The highest BCUT2D eigenvalue weighted by molar-refractivity contribution is 5.80. The van der Waals surface area contributed by atoms with E-state index in [0.29, 0.717) is 6.10 Å². The predicted octanol–water partition coefficient (Wildman–Crippen LogP) is 3.48. The van der Waals surface area contributed by atoms with E-state index in [1.165, 1.54) is 0 Å². The molecule has 1 N–H and O–H groups in total. The van der Waals surface area contributed by atoms with Gasteiger partial charge in [-0.1, -0.05) is 18.2 Å². The van der Waals surface area contributed by atoms with E-state index in [9.17, 15) is 0 Å². The van der Waals surface area contributed by atoms with Gasteiger partial charge < -0.3 is 19.5 Å². The van der Waals surface area contributed by atoms with Crippen molar-refractivity contribution in [1.29, 1.82) is 0 Å². The lowest BCUT2D eigenvalue weighted by Crippen LogP contribution is -2.47. The summed E-state index contributed by atoms with van der Waals surface area (Å²) in [6, 6.07) is 10.1. The quantitative estimate of drug-likeness (QED) is 0.431. The minimum absolute atomic E-state index is 0.292. The topological polar surface area (TPSA) is 54.7 Å². The van der Waals surface area contributed by atoms with Crippen molar-refractivity contribution in [3.8, 4) is 5.75 Å². The number of aromatic nitrogens is 2. The maximum atomic E-state index is 6.11. The first-order valence-corrected chi connectivity index (χ1v) is 10.5. The van der Waals surface area contributed by atoms with Crippen LogP contribution >= 0.6 is 0 Å². The molecule has 1 fully saturated rings. The lowest BCUT2D eigenvalue weighted by Gasteiger charge is -2.34. The molecule has 6 heteroatoms. The molecule has 0 saturated carbocycles. The standard InChI is InChI=1S/C22H33N5O/c1-3-23-22(25-13-7-8-15-26-18-14-24-19(26)2)27-16-11-21(12-17-27)28-20-9-5-4-6-10-20/h4-6,9-10,14,18,21H,3,7-8,11-13,15-17H2,1-2H3,(H,23,25). The molecule has 6 nitrogen and oxygen atoms in total. The summed E-state index contributed by atoms with van der Waals surface area (Å²) >= 11 is 0. The Hall–Kier alpha value is -2.50. The maximum absolute atomic E-state index is 6.11. The summed E-state index contributed by atoms with van der Waals surface area (Å²) in [5, 5.41) is 3.45. The van der Waals surface area contributed by atoms with Crippen LogP contribution in [0, 0.1) is 6.92 Å². The van der Waals surface area contributed by atoms with Gasteiger partial charge in [-0.25, -0.2) is 4.98 Å². The van der Waals surface area contributed by atoms with E-state index in [0.717, 1.165) is 75.9 Å². The zero-order valence-corrected chi connectivity index (χ0v) is 17.2. The third-order valence-corrected chi connectivity index (χ3v) is 5.11. The SMILES string of the molecule is CCNC(=NCCCCn1ccnc1C)N1CCC(Oc2ccccc2)CC1. The number of ether oxygens (including phenoxy) is 1. The Labute approximate surface area is 168 Å². The number of aliphatic imine (C=N–C) groups is 1. The predicted molar refractivity (Wildman–Crippen MR) is 114 cm³/mol. The van der Waals surface area contributed by atoms with E-state index in [4.69, 9.17) is 9.73 Å². The molecule has 1 aromatic heterocycles. The zero-order chi connectivity index (χ0) is 19.6. The monoisotopic (exact) mass is 383 g/mol. The highest BCUT2D eigenvalue weighted by Crippen LogP contribution is 2.18. The largest absolute Gasteiger partial charge is 0.490 e. The maximum Gasteiger partial charge on any atom is 0.193 e.